The Morgan fingerprint density at radius 3 is 2.19 bits per heavy atom. The third-order valence-electron chi connectivity index (χ3n) is 6.71. The number of aromatic nitrogens is 2. The molecule has 1 fully saturated rings. The highest BCUT2D eigenvalue weighted by Crippen LogP contribution is 2.32. The summed E-state index contributed by atoms with van der Waals surface area (Å²) >= 11 is 0. The molecule has 0 unspecified atom stereocenters. The average molecular weight is 434 g/mol. The quantitative estimate of drug-likeness (QED) is 0.542. The van der Waals surface area contributed by atoms with Crippen LogP contribution in [0.1, 0.15) is 27.9 Å². The molecule has 1 N–H and O–H groups in total. The molecule has 4 nitrogen and oxygen atoms in total. The van der Waals surface area contributed by atoms with Crippen molar-refractivity contribution in [3.63, 3.8) is 0 Å². The van der Waals surface area contributed by atoms with Crippen molar-refractivity contribution < 1.29 is 5.11 Å². The van der Waals surface area contributed by atoms with Crippen LogP contribution in [0.4, 0.5) is 0 Å². The van der Waals surface area contributed by atoms with Crippen LogP contribution in [0.25, 0.3) is 16.9 Å². The molecule has 0 bridgehead atoms. The summed E-state index contributed by atoms with van der Waals surface area (Å²) < 4.78 is 2.06. The normalized spacial score (nSPS) is 16.6. The number of rotatable bonds is 5. The van der Waals surface area contributed by atoms with Crippen LogP contribution in [0.5, 0.6) is 0 Å². The van der Waals surface area contributed by atoms with Crippen molar-refractivity contribution in [2.75, 3.05) is 13.1 Å². The van der Waals surface area contributed by atoms with Gasteiger partial charge in [0.2, 0.25) is 0 Å². The molecule has 0 aliphatic carbocycles. The molecule has 0 radical (unpaired) electrons. The van der Waals surface area contributed by atoms with Crippen LogP contribution in [0.3, 0.4) is 0 Å². The third-order valence-corrected chi connectivity index (χ3v) is 9.87. The van der Waals surface area contributed by atoms with Gasteiger partial charge in [0, 0.05) is 25.7 Å². The fraction of sp³-hybridized carbons (Fsp3) is 0.423. The molecule has 164 valence electrons. The van der Waals surface area contributed by atoms with Gasteiger partial charge in [-0.15, -0.1) is 0 Å². The average Bonchev–Trinajstić information content (AvgIpc) is 3.08. The van der Waals surface area contributed by atoms with Gasteiger partial charge >= 0.3 is 0 Å². The van der Waals surface area contributed by atoms with Crippen molar-refractivity contribution in [1.29, 1.82) is 0 Å². The van der Waals surface area contributed by atoms with Gasteiger partial charge in [0.15, 0.2) is 0 Å². The number of benzene rings is 2. The van der Waals surface area contributed by atoms with E-state index < -0.39 is 8.07 Å². The summed E-state index contributed by atoms with van der Waals surface area (Å²) in [6.45, 7) is 14.4. The Labute approximate surface area is 187 Å². The molecule has 4 rings (SSSR count). The molecule has 3 aromatic rings. The summed E-state index contributed by atoms with van der Waals surface area (Å²) in [5.41, 5.74) is 8.80. The second-order valence-corrected chi connectivity index (χ2v) is 15.3. The molecular formula is C26H35N3OSi. The first kappa shape index (κ1) is 22.0. The van der Waals surface area contributed by atoms with E-state index in [9.17, 15) is 5.11 Å². The van der Waals surface area contributed by atoms with Gasteiger partial charge in [-0.2, -0.15) is 5.10 Å². The standard InChI is InChI=1S/C26H35N3OSi/c1-19-6-9-22(10-7-19)26-23(18-30)24(17-28-12-14-31(4,5)15-13-28)27-29(26)25-11-8-20(2)16-21(25)3/h6-11,16,30H,12-15,17-18H2,1-5H3. The van der Waals surface area contributed by atoms with Gasteiger partial charge in [-0.25, -0.2) is 4.68 Å². The molecule has 0 amide bonds. The number of aryl methyl sites for hydroxylation is 3. The summed E-state index contributed by atoms with van der Waals surface area (Å²) in [7, 11) is -1.02. The number of hydrogen-bond acceptors (Lipinski definition) is 3. The van der Waals surface area contributed by atoms with E-state index in [1.54, 1.807) is 0 Å². The van der Waals surface area contributed by atoms with Crippen molar-refractivity contribution in [2.45, 2.75) is 59.1 Å². The van der Waals surface area contributed by atoms with E-state index in [0.717, 1.165) is 47.8 Å². The van der Waals surface area contributed by atoms with Crippen molar-refractivity contribution in [3.05, 3.63) is 70.4 Å². The Kier molecular flexibility index (Phi) is 6.20. The smallest absolute Gasteiger partial charge is 0.0830 e. The van der Waals surface area contributed by atoms with Gasteiger partial charge in [-0.3, -0.25) is 4.90 Å². The van der Waals surface area contributed by atoms with E-state index in [-0.39, 0.29) is 6.61 Å². The molecule has 5 heteroatoms. The zero-order chi connectivity index (χ0) is 22.2. The maximum Gasteiger partial charge on any atom is 0.0830 e. The van der Waals surface area contributed by atoms with Crippen molar-refractivity contribution in [1.82, 2.24) is 14.7 Å². The lowest BCUT2D eigenvalue weighted by Crippen LogP contribution is -2.42. The fourth-order valence-corrected chi connectivity index (χ4v) is 6.64. The van der Waals surface area contributed by atoms with Gasteiger partial charge in [-0.05, 0) is 57.6 Å². The highest BCUT2D eigenvalue weighted by molar-refractivity contribution is 6.77. The van der Waals surface area contributed by atoms with E-state index >= 15 is 0 Å². The van der Waals surface area contributed by atoms with Gasteiger partial charge in [0.25, 0.3) is 0 Å². The predicted octanol–water partition coefficient (Wildman–Crippen LogP) is 5.48. The molecule has 0 saturated carbocycles. The Morgan fingerprint density at radius 2 is 1.58 bits per heavy atom. The van der Waals surface area contributed by atoms with E-state index in [1.165, 1.54) is 28.8 Å². The molecule has 2 aromatic carbocycles. The second-order valence-electron chi connectivity index (χ2n) is 9.94. The van der Waals surface area contributed by atoms with Crippen LogP contribution in [0, 0.1) is 20.8 Å². The van der Waals surface area contributed by atoms with Crippen LogP contribution in [-0.2, 0) is 13.2 Å². The van der Waals surface area contributed by atoms with Crippen molar-refractivity contribution in [3.8, 4) is 16.9 Å². The number of aliphatic hydroxyl groups excluding tert-OH is 1. The molecule has 1 saturated heterocycles. The molecule has 0 spiro atoms. The summed E-state index contributed by atoms with van der Waals surface area (Å²) in [5.74, 6) is 0. The first-order valence-corrected chi connectivity index (χ1v) is 14.8. The van der Waals surface area contributed by atoms with E-state index in [1.807, 2.05) is 0 Å². The van der Waals surface area contributed by atoms with E-state index in [4.69, 9.17) is 5.10 Å². The Hall–Kier alpha value is -2.21. The Bertz CT molecular complexity index is 1060. The van der Waals surface area contributed by atoms with Crippen molar-refractivity contribution in [2.24, 2.45) is 0 Å². The molecule has 1 aliphatic heterocycles. The first-order valence-electron chi connectivity index (χ1n) is 11.4. The zero-order valence-corrected chi connectivity index (χ0v) is 20.6. The minimum absolute atomic E-state index is 0.00245. The highest BCUT2D eigenvalue weighted by Gasteiger charge is 2.29. The van der Waals surface area contributed by atoms with E-state index in [2.05, 4.69) is 85.9 Å². The Morgan fingerprint density at radius 1 is 0.935 bits per heavy atom. The predicted molar refractivity (Wildman–Crippen MR) is 132 cm³/mol. The van der Waals surface area contributed by atoms with Gasteiger partial charge < -0.3 is 5.11 Å². The molecule has 2 heterocycles. The van der Waals surface area contributed by atoms with Gasteiger partial charge in [0.05, 0.1) is 23.7 Å². The largest absolute Gasteiger partial charge is 0.392 e. The summed E-state index contributed by atoms with van der Waals surface area (Å²) in [5, 5.41) is 15.5. The number of aliphatic hydroxyl groups is 1. The number of hydrogen-bond donors (Lipinski definition) is 1. The second kappa shape index (κ2) is 8.73. The third kappa shape index (κ3) is 4.69. The van der Waals surface area contributed by atoms with Crippen LogP contribution >= 0.6 is 0 Å². The Balaban J connectivity index is 1.80. The van der Waals surface area contributed by atoms with Crippen LogP contribution in [-0.4, -0.2) is 41.0 Å². The minimum Gasteiger partial charge on any atom is -0.392 e. The van der Waals surface area contributed by atoms with Gasteiger partial charge in [0.1, 0.15) is 0 Å². The van der Waals surface area contributed by atoms with Crippen LogP contribution in [0.15, 0.2) is 42.5 Å². The maximum absolute atomic E-state index is 10.4. The summed E-state index contributed by atoms with van der Waals surface area (Å²) in [6.07, 6.45) is 0. The molecule has 31 heavy (non-hydrogen) atoms. The lowest BCUT2D eigenvalue weighted by atomic mass is 10.0. The van der Waals surface area contributed by atoms with Crippen LogP contribution in [0.2, 0.25) is 25.2 Å². The zero-order valence-electron chi connectivity index (χ0n) is 19.6. The lowest BCUT2D eigenvalue weighted by molar-refractivity contribution is 0.262. The SMILES string of the molecule is Cc1ccc(-c2c(CO)c(CN3CC[Si](C)(C)CC3)nn2-c2ccc(C)cc2C)cc1. The number of nitrogens with zero attached hydrogens (tertiary/aromatic N) is 3. The molecular weight excluding hydrogens is 398 g/mol. The molecule has 1 aromatic heterocycles. The van der Waals surface area contributed by atoms with E-state index in [0.29, 0.717) is 0 Å². The monoisotopic (exact) mass is 433 g/mol. The first-order chi connectivity index (χ1) is 14.8. The van der Waals surface area contributed by atoms with Crippen LogP contribution < -0.4 is 0 Å². The fourth-order valence-electron chi connectivity index (χ4n) is 4.54. The minimum atomic E-state index is -1.02. The summed E-state index contributed by atoms with van der Waals surface area (Å²) in [6, 6.07) is 17.7. The lowest BCUT2D eigenvalue weighted by Gasteiger charge is -2.35. The highest BCUT2D eigenvalue weighted by atomic mass is 28.3. The molecule has 1 aliphatic rings. The van der Waals surface area contributed by atoms with Gasteiger partial charge in [-0.1, -0.05) is 60.6 Å². The topological polar surface area (TPSA) is 41.3 Å². The molecule has 0 atom stereocenters. The summed E-state index contributed by atoms with van der Waals surface area (Å²) in [4.78, 5) is 2.52. The maximum atomic E-state index is 10.4. The van der Waals surface area contributed by atoms with Crippen molar-refractivity contribution >= 4 is 8.07 Å².